The van der Waals surface area contributed by atoms with Gasteiger partial charge in [0.05, 0.1) is 11.9 Å². The first-order valence-corrected chi connectivity index (χ1v) is 9.45. The molecule has 0 aliphatic carbocycles. The predicted molar refractivity (Wildman–Crippen MR) is 111 cm³/mol. The minimum Gasteiger partial charge on any atom is -0.321 e. The van der Waals surface area contributed by atoms with Crippen LogP contribution in [0.15, 0.2) is 73.2 Å². The van der Waals surface area contributed by atoms with Gasteiger partial charge in [-0.1, -0.05) is 25.1 Å². The molecule has 0 atom stereocenters. The molecule has 0 radical (unpaired) electrons. The van der Waals surface area contributed by atoms with Gasteiger partial charge >= 0.3 is 0 Å². The van der Waals surface area contributed by atoms with E-state index in [-0.39, 0.29) is 11.7 Å². The third-order valence-corrected chi connectivity index (χ3v) is 4.89. The average molecular weight is 388 g/mol. The zero-order valence-electron chi connectivity index (χ0n) is 16.3. The number of hydrogen-bond acceptors (Lipinski definition) is 2. The molecule has 0 aliphatic heterocycles. The van der Waals surface area contributed by atoms with Gasteiger partial charge < -0.3 is 9.88 Å². The summed E-state index contributed by atoms with van der Waals surface area (Å²) in [4.78, 5) is 13.2. The molecule has 0 saturated heterocycles. The SMILES string of the molecule is CCc1cccc(C)c1NC(=O)c1cnn(-c2ccc(F)cc2)c1-n1cccc1. The van der Waals surface area contributed by atoms with E-state index in [4.69, 9.17) is 0 Å². The van der Waals surface area contributed by atoms with E-state index in [0.717, 1.165) is 23.2 Å². The zero-order valence-corrected chi connectivity index (χ0v) is 16.3. The largest absolute Gasteiger partial charge is 0.321 e. The average Bonchev–Trinajstić information content (AvgIpc) is 3.39. The Morgan fingerprint density at radius 2 is 1.79 bits per heavy atom. The summed E-state index contributed by atoms with van der Waals surface area (Å²) in [7, 11) is 0. The van der Waals surface area contributed by atoms with Crippen molar-refractivity contribution in [3.05, 3.63) is 95.7 Å². The predicted octanol–water partition coefficient (Wildman–Crippen LogP) is 4.93. The van der Waals surface area contributed by atoms with Gasteiger partial charge in [-0.3, -0.25) is 4.79 Å². The van der Waals surface area contributed by atoms with Crippen LogP contribution in [0.4, 0.5) is 10.1 Å². The van der Waals surface area contributed by atoms with Crippen LogP contribution in [-0.4, -0.2) is 20.3 Å². The van der Waals surface area contributed by atoms with Gasteiger partial charge in [-0.15, -0.1) is 0 Å². The Morgan fingerprint density at radius 3 is 2.48 bits per heavy atom. The fourth-order valence-electron chi connectivity index (χ4n) is 3.38. The summed E-state index contributed by atoms with van der Waals surface area (Å²) >= 11 is 0. The second-order valence-corrected chi connectivity index (χ2v) is 6.78. The maximum atomic E-state index is 13.4. The van der Waals surface area contributed by atoms with Crippen LogP contribution >= 0.6 is 0 Å². The van der Waals surface area contributed by atoms with Gasteiger partial charge in [0.25, 0.3) is 5.91 Å². The van der Waals surface area contributed by atoms with Crippen molar-refractivity contribution < 1.29 is 9.18 Å². The third kappa shape index (κ3) is 3.57. The smallest absolute Gasteiger partial charge is 0.261 e. The molecule has 4 aromatic rings. The molecule has 0 unspecified atom stereocenters. The molecule has 1 N–H and O–H groups in total. The third-order valence-electron chi connectivity index (χ3n) is 4.89. The van der Waals surface area contributed by atoms with Crippen molar-refractivity contribution in [3.8, 4) is 11.5 Å². The molecule has 0 aliphatic rings. The minimum absolute atomic E-state index is 0.244. The van der Waals surface area contributed by atoms with E-state index in [2.05, 4.69) is 17.3 Å². The molecule has 6 heteroatoms. The highest BCUT2D eigenvalue weighted by atomic mass is 19.1. The Bertz CT molecular complexity index is 1140. The minimum atomic E-state index is -0.326. The Kier molecular flexibility index (Phi) is 4.99. The van der Waals surface area contributed by atoms with E-state index in [1.165, 1.54) is 18.3 Å². The van der Waals surface area contributed by atoms with Crippen LogP contribution in [0.2, 0.25) is 0 Å². The first-order valence-electron chi connectivity index (χ1n) is 9.45. The van der Waals surface area contributed by atoms with Crippen LogP contribution in [0.1, 0.15) is 28.4 Å². The topological polar surface area (TPSA) is 51.9 Å². The van der Waals surface area contributed by atoms with Crippen molar-refractivity contribution >= 4 is 11.6 Å². The molecule has 0 fully saturated rings. The fraction of sp³-hybridized carbons (Fsp3) is 0.130. The van der Waals surface area contributed by atoms with Gasteiger partial charge in [-0.25, -0.2) is 9.07 Å². The Morgan fingerprint density at radius 1 is 1.07 bits per heavy atom. The molecule has 4 rings (SSSR count). The molecule has 2 heterocycles. The maximum Gasteiger partial charge on any atom is 0.261 e. The van der Waals surface area contributed by atoms with E-state index in [0.29, 0.717) is 17.1 Å². The molecule has 5 nitrogen and oxygen atoms in total. The highest BCUT2D eigenvalue weighted by Crippen LogP contribution is 2.25. The first kappa shape index (κ1) is 18.7. The zero-order chi connectivity index (χ0) is 20.4. The summed E-state index contributed by atoms with van der Waals surface area (Å²) < 4.78 is 16.8. The molecule has 146 valence electrons. The van der Waals surface area contributed by atoms with Gasteiger partial charge in [-0.05, 0) is 60.9 Å². The summed E-state index contributed by atoms with van der Waals surface area (Å²) in [6, 6.07) is 15.7. The standard InChI is InChI=1S/C23H21FN4O/c1-3-17-8-6-7-16(2)21(17)26-22(29)20-15-25-28(19-11-9-18(24)10-12-19)23(20)27-13-4-5-14-27/h4-15H,3H2,1-2H3,(H,26,29). The van der Waals surface area contributed by atoms with E-state index < -0.39 is 0 Å². The number of rotatable bonds is 5. The fourth-order valence-corrected chi connectivity index (χ4v) is 3.38. The summed E-state index contributed by atoms with van der Waals surface area (Å²) in [5, 5.41) is 7.47. The molecular formula is C23H21FN4O. The van der Waals surface area contributed by atoms with Crippen LogP contribution in [0.5, 0.6) is 0 Å². The Balaban J connectivity index is 1.78. The molecule has 2 aromatic carbocycles. The Hall–Kier alpha value is -3.67. The number of anilines is 1. The lowest BCUT2D eigenvalue weighted by molar-refractivity contribution is 0.102. The van der Waals surface area contributed by atoms with Crippen LogP contribution < -0.4 is 5.32 Å². The molecular weight excluding hydrogens is 367 g/mol. The lowest BCUT2D eigenvalue weighted by Gasteiger charge is -2.14. The first-order chi connectivity index (χ1) is 14.1. The lowest BCUT2D eigenvalue weighted by Crippen LogP contribution is -2.17. The van der Waals surface area contributed by atoms with Crippen molar-refractivity contribution in [2.75, 3.05) is 5.32 Å². The highest BCUT2D eigenvalue weighted by molar-refractivity contribution is 6.07. The number of halogens is 1. The van der Waals surface area contributed by atoms with Crippen molar-refractivity contribution in [2.24, 2.45) is 0 Å². The van der Waals surface area contributed by atoms with E-state index >= 15 is 0 Å². The molecule has 29 heavy (non-hydrogen) atoms. The number of para-hydroxylation sites is 1. The van der Waals surface area contributed by atoms with Crippen LogP contribution in [0.3, 0.4) is 0 Å². The molecule has 1 amide bonds. The molecule has 2 aromatic heterocycles. The molecule has 0 saturated carbocycles. The van der Waals surface area contributed by atoms with Gasteiger partial charge in [0.2, 0.25) is 0 Å². The van der Waals surface area contributed by atoms with Crippen molar-refractivity contribution in [1.82, 2.24) is 14.3 Å². The number of carbonyl (C=O) groups is 1. The van der Waals surface area contributed by atoms with Crippen molar-refractivity contribution in [2.45, 2.75) is 20.3 Å². The highest BCUT2D eigenvalue weighted by Gasteiger charge is 2.21. The van der Waals surface area contributed by atoms with E-state index in [9.17, 15) is 9.18 Å². The second kappa shape index (κ2) is 7.75. The summed E-state index contributed by atoms with van der Waals surface area (Å²) in [6.07, 6.45) is 6.05. The quantitative estimate of drug-likeness (QED) is 0.527. The van der Waals surface area contributed by atoms with E-state index in [1.54, 1.807) is 16.8 Å². The number of hydrogen-bond donors (Lipinski definition) is 1. The van der Waals surface area contributed by atoms with Crippen LogP contribution in [0, 0.1) is 12.7 Å². The number of benzene rings is 2. The van der Waals surface area contributed by atoms with Gasteiger partial charge in [0, 0.05) is 18.1 Å². The van der Waals surface area contributed by atoms with Gasteiger partial charge in [-0.2, -0.15) is 5.10 Å². The van der Waals surface area contributed by atoms with E-state index in [1.807, 2.05) is 54.2 Å². The second-order valence-electron chi connectivity index (χ2n) is 6.78. The number of amides is 1. The number of carbonyl (C=O) groups excluding carboxylic acids is 1. The molecule has 0 spiro atoms. The van der Waals surface area contributed by atoms with Crippen molar-refractivity contribution in [3.63, 3.8) is 0 Å². The number of aromatic nitrogens is 3. The van der Waals surface area contributed by atoms with Gasteiger partial charge in [0.1, 0.15) is 11.4 Å². The number of aryl methyl sites for hydroxylation is 2. The van der Waals surface area contributed by atoms with Crippen LogP contribution in [0.25, 0.3) is 11.5 Å². The normalized spacial score (nSPS) is 10.9. The molecule has 0 bridgehead atoms. The van der Waals surface area contributed by atoms with Gasteiger partial charge in [0.15, 0.2) is 5.82 Å². The van der Waals surface area contributed by atoms with Crippen molar-refractivity contribution in [1.29, 1.82) is 0 Å². The summed E-state index contributed by atoms with van der Waals surface area (Å²) in [6.45, 7) is 4.03. The summed E-state index contributed by atoms with van der Waals surface area (Å²) in [5.74, 6) is 0.0184. The monoisotopic (exact) mass is 388 g/mol. The Labute approximate surface area is 168 Å². The summed E-state index contributed by atoms with van der Waals surface area (Å²) in [5.41, 5.74) is 4.00. The van der Waals surface area contributed by atoms with Crippen LogP contribution in [-0.2, 0) is 6.42 Å². The number of nitrogens with one attached hydrogen (secondary N) is 1. The maximum absolute atomic E-state index is 13.4. The number of nitrogens with zero attached hydrogens (tertiary/aromatic N) is 3. The lowest BCUT2D eigenvalue weighted by atomic mass is 10.1.